The molecule has 0 fully saturated rings. The van der Waals surface area contributed by atoms with Crippen molar-refractivity contribution in [1.82, 2.24) is 0 Å². The van der Waals surface area contributed by atoms with Gasteiger partial charge >= 0.3 is 0 Å². The molecule has 1 atom stereocenters. The molecule has 1 aromatic rings. The summed E-state index contributed by atoms with van der Waals surface area (Å²) in [5.41, 5.74) is 7.29. The molecule has 0 amide bonds. The first-order chi connectivity index (χ1) is 8.65. The van der Waals surface area contributed by atoms with E-state index >= 15 is 0 Å². The smallest absolute Gasteiger partial charge is 0.128 e. The predicted molar refractivity (Wildman–Crippen MR) is 80.0 cm³/mol. The van der Waals surface area contributed by atoms with Crippen molar-refractivity contribution in [3.05, 3.63) is 29.6 Å². The Kier molecular flexibility index (Phi) is 6.50. The summed E-state index contributed by atoms with van der Waals surface area (Å²) in [5, 5.41) is 0. The van der Waals surface area contributed by atoms with Gasteiger partial charge in [-0.2, -0.15) is 11.8 Å². The number of anilines is 1. The summed E-state index contributed by atoms with van der Waals surface area (Å²) in [6.45, 7) is 2.64. The second-order valence-electron chi connectivity index (χ2n) is 4.40. The minimum atomic E-state index is -0.149. The quantitative estimate of drug-likeness (QED) is 0.826. The zero-order valence-corrected chi connectivity index (χ0v) is 12.3. The monoisotopic (exact) mass is 270 g/mol. The molecule has 102 valence electrons. The molecule has 0 spiro atoms. The third-order valence-corrected chi connectivity index (χ3v) is 3.96. The van der Waals surface area contributed by atoms with Crippen LogP contribution in [0.15, 0.2) is 18.2 Å². The average Bonchev–Trinajstić information content (AvgIpc) is 2.37. The summed E-state index contributed by atoms with van der Waals surface area (Å²) < 4.78 is 13.9. The highest BCUT2D eigenvalue weighted by atomic mass is 32.2. The Hall–Kier alpha value is -0.740. The fraction of sp³-hybridized carbons (Fsp3) is 0.571. The maximum absolute atomic E-state index is 13.9. The van der Waals surface area contributed by atoms with Crippen molar-refractivity contribution in [2.45, 2.75) is 25.8 Å². The first kappa shape index (κ1) is 15.3. The maximum Gasteiger partial charge on any atom is 0.128 e. The lowest BCUT2D eigenvalue weighted by Crippen LogP contribution is -2.34. The lowest BCUT2D eigenvalue weighted by Gasteiger charge is -2.30. The minimum absolute atomic E-state index is 0.149. The third-order valence-electron chi connectivity index (χ3n) is 3.25. The van der Waals surface area contributed by atoms with Crippen molar-refractivity contribution in [3.63, 3.8) is 0 Å². The Balaban J connectivity index is 3.03. The number of hydrogen-bond donors (Lipinski definition) is 1. The maximum atomic E-state index is 13.9. The molecular weight excluding hydrogens is 247 g/mol. The van der Waals surface area contributed by atoms with Gasteiger partial charge in [0, 0.05) is 30.1 Å². The molecule has 0 aliphatic rings. The Morgan fingerprint density at radius 2 is 2.17 bits per heavy atom. The highest BCUT2D eigenvalue weighted by Crippen LogP contribution is 2.26. The molecule has 2 N–H and O–H groups in total. The van der Waals surface area contributed by atoms with Crippen LogP contribution in [0.4, 0.5) is 10.1 Å². The molecule has 0 saturated heterocycles. The van der Waals surface area contributed by atoms with Gasteiger partial charge in [-0.15, -0.1) is 0 Å². The van der Waals surface area contributed by atoms with Gasteiger partial charge in [0.05, 0.1) is 0 Å². The fourth-order valence-corrected chi connectivity index (χ4v) is 3.01. The molecular formula is C14H23FN2S. The molecule has 0 heterocycles. The largest absolute Gasteiger partial charge is 0.370 e. The van der Waals surface area contributed by atoms with E-state index in [0.29, 0.717) is 19.0 Å². The van der Waals surface area contributed by atoms with Gasteiger partial charge < -0.3 is 10.6 Å². The minimum Gasteiger partial charge on any atom is -0.370 e. The van der Waals surface area contributed by atoms with Crippen molar-refractivity contribution in [2.75, 3.05) is 30.5 Å². The lowest BCUT2D eigenvalue weighted by atomic mass is 10.1. The third kappa shape index (κ3) is 3.62. The predicted octanol–water partition coefficient (Wildman–Crippen LogP) is 2.90. The highest BCUT2D eigenvalue weighted by molar-refractivity contribution is 7.98. The average molecular weight is 270 g/mol. The summed E-state index contributed by atoms with van der Waals surface area (Å²) in [6, 6.07) is 5.69. The molecule has 18 heavy (non-hydrogen) atoms. The lowest BCUT2D eigenvalue weighted by molar-refractivity contribution is 0.603. The number of rotatable bonds is 7. The molecule has 1 rings (SSSR count). The van der Waals surface area contributed by atoms with E-state index in [9.17, 15) is 4.39 Å². The van der Waals surface area contributed by atoms with Crippen LogP contribution >= 0.6 is 11.8 Å². The molecule has 2 nitrogen and oxygen atoms in total. The SMILES string of the molecule is CCC(CSC)N(C)c1cccc(F)c1CCN. The van der Waals surface area contributed by atoms with Gasteiger partial charge in [0.2, 0.25) is 0 Å². The summed E-state index contributed by atoms with van der Waals surface area (Å²) in [5.74, 6) is 0.898. The van der Waals surface area contributed by atoms with E-state index < -0.39 is 0 Å². The Bertz CT molecular complexity index is 371. The molecule has 1 aromatic carbocycles. The Labute approximate surface area is 114 Å². The Morgan fingerprint density at radius 3 is 2.72 bits per heavy atom. The zero-order chi connectivity index (χ0) is 13.5. The van der Waals surface area contributed by atoms with Gasteiger partial charge in [0.1, 0.15) is 5.82 Å². The molecule has 0 aliphatic carbocycles. The van der Waals surface area contributed by atoms with E-state index in [1.807, 2.05) is 24.9 Å². The van der Waals surface area contributed by atoms with Crippen LogP contribution in [-0.4, -0.2) is 31.6 Å². The summed E-state index contributed by atoms with van der Waals surface area (Å²) in [7, 11) is 2.04. The van der Waals surface area contributed by atoms with E-state index in [-0.39, 0.29) is 5.82 Å². The molecule has 0 saturated carbocycles. The molecule has 0 radical (unpaired) electrons. The van der Waals surface area contributed by atoms with Gasteiger partial charge in [-0.1, -0.05) is 13.0 Å². The highest BCUT2D eigenvalue weighted by Gasteiger charge is 2.17. The second-order valence-corrected chi connectivity index (χ2v) is 5.32. The summed E-state index contributed by atoms with van der Waals surface area (Å²) >= 11 is 1.82. The Morgan fingerprint density at radius 1 is 1.44 bits per heavy atom. The van der Waals surface area contributed by atoms with Crippen LogP contribution < -0.4 is 10.6 Å². The van der Waals surface area contributed by atoms with Crippen molar-refractivity contribution in [1.29, 1.82) is 0 Å². The fourth-order valence-electron chi connectivity index (χ4n) is 2.16. The summed E-state index contributed by atoms with van der Waals surface area (Å²) in [4.78, 5) is 2.19. The number of nitrogens with zero attached hydrogens (tertiary/aromatic N) is 1. The molecule has 1 unspecified atom stereocenters. The van der Waals surface area contributed by atoms with Gasteiger partial charge in [0.15, 0.2) is 0 Å². The van der Waals surface area contributed by atoms with Crippen LogP contribution in [0.1, 0.15) is 18.9 Å². The standard InChI is InChI=1S/C14H23FN2S/c1-4-11(10-18-3)17(2)14-7-5-6-13(15)12(14)8-9-16/h5-7,11H,4,8-10,16H2,1-3H3. The van der Waals surface area contributed by atoms with Crippen LogP contribution in [0.25, 0.3) is 0 Å². The van der Waals surface area contributed by atoms with Gasteiger partial charge in [-0.3, -0.25) is 0 Å². The van der Waals surface area contributed by atoms with Gasteiger partial charge in [-0.05, 0) is 37.8 Å². The molecule has 0 bridgehead atoms. The van der Waals surface area contributed by atoms with Crippen LogP contribution in [0.3, 0.4) is 0 Å². The van der Waals surface area contributed by atoms with E-state index in [0.717, 1.165) is 23.4 Å². The van der Waals surface area contributed by atoms with Crippen molar-refractivity contribution in [3.8, 4) is 0 Å². The van der Waals surface area contributed by atoms with Gasteiger partial charge in [0.25, 0.3) is 0 Å². The van der Waals surface area contributed by atoms with Crippen LogP contribution in [0.2, 0.25) is 0 Å². The first-order valence-corrected chi connectivity index (χ1v) is 7.74. The first-order valence-electron chi connectivity index (χ1n) is 6.34. The van der Waals surface area contributed by atoms with Crippen LogP contribution in [0, 0.1) is 5.82 Å². The number of thioether (sulfide) groups is 1. The summed E-state index contributed by atoms with van der Waals surface area (Å²) in [6.07, 6.45) is 3.74. The van der Waals surface area contributed by atoms with E-state index in [4.69, 9.17) is 5.73 Å². The van der Waals surface area contributed by atoms with Crippen molar-refractivity contribution < 1.29 is 4.39 Å². The van der Waals surface area contributed by atoms with Gasteiger partial charge in [-0.25, -0.2) is 4.39 Å². The molecule has 4 heteroatoms. The van der Waals surface area contributed by atoms with E-state index in [1.54, 1.807) is 6.07 Å². The van der Waals surface area contributed by atoms with E-state index in [1.165, 1.54) is 6.07 Å². The topological polar surface area (TPSA) is 29.3 Å². The number of halogens is 1. The van der Waals surface area contributed by atoms with Crippen molar-refractivity contribution >= 4 is 17.4 Å². The molecule has 0 aromatic heterocycles. The van der Waals surface area contributed by atoms with Crippen LogP contribution in [0.5, 0.6) is 0 Å². The van der Waals surface area contributed by atoms with Crippen LogP contribution in [-0.2, 0) is 6.42 Å². The second kappa shape index (κ2) is 7.64. The van der Waals surface area contributed by atoms with Crippen molar-refractivity contribution in [2.24, 2.45) is 5.73 Å². The molecule has 0 aliphatic heterocycles. The zero-order valence-electron chi connectivity index (χ0n) is 11.4. The number of nitrogens with two attached hydrogens (primary N) is 1. The number of benzene rings is 1. The van der Waals surface area contributed by atoms with E-state index in [2.05, 4.69) is 18.1 Å². The normalized spacial score (nSPS) is 12.5. The number of hydrogen-bond acceptors (Lipinski definition) is 3.